The summed E-state index contributed by atoms with van der Waals surface area (Å²) in [4.78, 5) is 12.7. The van der Waals surface area contributed by atoms with Gasteiger partial charge >= 0.3 is 5.97 Å². The van der Waals surface area contributed by atoms with E-state index >= 15 is 0 Å². The molecule has 0 N–H and O–H groups in total. The van der Waals surface area contributed by atoms with E-state index in [9.17, 15) is 13.2 Å². The van der Waals surface area contributed by atoms with Gasteiger partial charge in [0.2, 0.25) is 10.0 Å². The Balaban J connectivity index is 1.79. The quantitative estimate of drug-likeness (QED) is 0.586. The van der Waals surface area contributed by atoms with Crippen LogP contribution in [0.2, 0.25) is 0 Å². The fourth-order valence-electron chi connectivity index (χ4n) is 3.87. The Labute approximate surface area is 192 Å². The summed E-state index contributed by atoms with van der Waals surface area (Å²) in [6.07, 6.45) is 0.943. The molecule has 0 amide bonds. The van der Waals surface area contributed by atoms with E-state index in [4.69, 9.17) is 4.74 Å². The topological polar surface area (TPSA) is 63.7 Å². The van der Waals surface area contributed by atoms with Gasteiger partial charge in [0.15, 0.2) is 0 Å². The van der Waals surface area contributed by atoms with Crippen LogP contribution in [0.25, 0.3) is 11.1 Å². The molecule has 2 aromatic rings. The van der Waals surface area contributed by atoms with Gasteiger partial charge in [0, 0.05) is 6.54 Å². The van der Waals surface area contributed by atoms with Crippen LogP contribution in [-0.2, 0) is 31.5 Å². The molecule has 1 atom stereocenters. The van der Waals surface area contributed by atoms with Crippen LogP contribution in [-0.4, -0.2) is 36.1 Å². The first-order chi connectivity index (χ1) is 14.8. The Morgan fingerprint density at radius 1 is 0.938 bits per heavy atom. The zero-order valence-electron chi connectivity index (χ0n) is 20.0. The molecule has 1 heterocycles. The molecule has 1 aliphatic rings. The van der Waals surface area contributed by atoms with E-state index in [-0.39, 0.29) is 17.7 Å². The fraction of sp³-hybridized carbons (Fsp3) is 0.500. The first-order valence-corrected chi connectivity index (χ1v) is 12.8. The van der Waals surface area contributed by atoms with Gasteiger partial charge in [-0.15, -0.1) is 0 Å². The number of sulfonamides is 1. The zero-order valence-corrected chi connectivity index (χ0v) is 20.8. The first-order valence-electron chi connectivity index (χ1n) is 11.2. The summed E-state index contributed by atoms with van der Waals surface area (Å²) in [5, 5.41) is 0. The number of nitrogens with zero attached hydrogens (tertiary/aromatic N) is 1. The molecule has 3 rings (SSSR count). The van der Waals surface area contributed by atoms with Gasteiger partial charge < -0.3 is 4.74 Å². The molecule has 0 saturated carbocycles. The molecule has 0 aromatic heterocycles. The average Bonchev–Trinajstić information content (AvgIpc) is 2.68. The van der Waals surface area contributed by atoms with Crippen LogP contribution in [0.3, 0.4) is 0 Å². The van der Waals surface area contributed by atoms with E-state index in [0.29, 0.717) is 12.8 Å². The van der Waals surface area contributed by atoms with Crippen molar-refractivity contribution in [3.05, 3.63) is 59.7 Å². The highest BCUT2D eigenvalue weighted by Crippen LogP contribution is 2.28. The minimum Gasteiger partial charge on any atom is -0.459 e. The van der Waals surface area contributed by atoms with Crippen LogP contribution in [0.4, 0.5) is 0 Å². The van der Waals surface area contributed by atoms with Crippen molar-refractivity contribution in [1.82, 2.24) is 4.31 Å². The van der Waals surface area contributed by atoms with Crippen molar-refractivity contribution in [3.8, 4) is 11.1 Å². The summed E-state index contributed by atoms with van der Waals surface area (Å²) in [5.74, 6) is -0.416. The van der Waals surface area contributed by atoms with E-state index in [1.54, 1.807) is 20.8 Å². The van der Waals surface area contributed by atoms with Gasteiger partial charge in [-0.05, 0) is 61.3 Å². The van der Waals surface area contributed by atoms with E-state index in [2.05, 4.69) is 45.0 Å². The van der Waals surface area contributed by atoms with Gasteiger partial charge in [0.25, 0.3) is 0 Å². The number of ether oxygens (including phenoxy) is 1. The molecule has 0 spiro atoms. The van der Waals surface area contributed by atoms with Crippen molar-refractivity contribution in [2.45, 2.75) is 78.0 Å². The average molecular weight is 458 g/mol. The van der Waals surface area contributed by atoms with Gasteiger partial charge in [-0.3, -0.25) is 4.79 Å². The van der Waals surface area contributed by atoms with Crippen LogP contribution in [0.5, 0.6) is 0 Å². The summed E-state index contributed by atoms with van der Waals surface area (Å²) in [6, 6.07) is 15.6. The third-order valence-electron chi connectivity index (χ3n) is 5.64. The van der Waals surface area contributed by atoms with Crippen molar-refractivity contribution in [1.29, 1.82) is 0 Å². The lowest BCUT2D eigenvalue weighted by Crippen LogP contribution is -2.50. The molecule has 0 unspecified atom stereocenters. The molecule has 1 saturated heterocycles. The molecule has 0 radical (unpaired) electrons. The van der Waals surface area contributed by atoms with Gasteiger partial charge in [-0.1, -0.05) is 69.3 Å². The lowest BCUT2D eigenvalue weighted by molar-refractivity contribution is -0.160. The van der Waals surface area contributed by atoms with Crippen LogP contribution in [0, 0.1) is 0 Å². The van der Waals surface area contributed by atoms with Gasteiger partial charge in [0.1, 0.15) is 11.6 Å². The number of esters is 1. The van der Waals surface area contributed by atoms with E-state index in [1.165, 1.54) is 9.87 Å². The van der Waals surface area contributed by atoms with Crippen molar-refractivity contribution in [2.75, 3.05) is 5.75 Å². The molecule has 2 aromatic carbocycles. The first kappa shape index (κ1) is 24.5. The highest BCUT2D eigenvalue weighted by Gasteiger charge is 2.40. The molecule has 0 bridgehead atoms. The standard InChI is InChI=1S/C26H35NO4S/c1-25(2,3)22-15-13-21(14-16-22)20-11-9-19(10-12-20)18-27-23(8-7-17-32(27,29)30)24(28)31-26(4,5)6/h9-16,23H,7-8,17-18H2,1-6H3/t23-/m1/s1. The number of carbonyl (C=O) groups excluding carboxylic acids is 1. The molecule has 1 fully saturated rings. The van der Waals surface area contributed by atoms with E-state index in [0.717, 1.165) is 16.7 Å². The maximum absolute atomic E-state index is 12.8. The number of benzene rings is 2. The Kier molecular flexibility index (Phi) is 6.87. The summed E-state index contributed by atoms with van der Waals surface area (Å²) >= 11 is 0. The molecule has 1 aliphatic heterocycles. The largest absolute Gasteiger partial charge is 0.459 e. The Morgan fingerprint density at radius 2 is 1.47 bits per heavy atom. The summed E-state index contributed by atoms with van der Waals surface area (Å²) in [5.41, 5.74) is 3.75. The Hall–Kier alpha value is -2.18. The maximum atomic E-state index is 12.8. The third kappa shape index (κ3) is 5.99. The molecular formula is C26H35NO4S. The minimum atomic E-state index is -3.52. The predicted octanol–water partition coefficient (Wildman–Crippen LogP) is 5.29. The molecule has 32 heavy (non-hydrogen) atoms. The molecule has 0 aliphatic carbocycles. The van der Waals surface area contributed by atoms with Crippen molar-refractivity contribution >= 4 is 16.0 Å². The molecule has 174 valence electrons. The van der Waals surface area contributed by atoms with Gasteiger partial charge in [-0.2, -0.15) is 4.31 Å². The minimum absolute atomic E-state index is 0.0600. The van der Waals surface area contributed by atoms with E-state index in [1.807, 2.05) is 24.3 Å². The number of rotatable bonds is 4. The second kappa shape index (κ2) is 8.99. The lowest BCUT2D eigenvalue weighted by Gasteiger charge is -2.35. The lowest BCUT2D eigenvalue weighted by atomic mass is 9.86. The summed E-state index contributed by atoms with van der Waals surface area (Å²) in [7, 11) is -3.52. The van der Waals surface area contributed by atoms with Crippen molar-refractivity contribution < 1.29 is 17.9 Å². The monoisotopic (exact) mass is 457 g/mol. The second-order valence-electron chi connectivity index (χ2n) is 10.6. The van der Waals surface area contributed by atoms with Crippen LogP contribution in [0.15, 0.2) is 48.5 Å². The zero-order chi connectivity index (χ0) is 23.7. The predicted molar refractivity (Wildman–Crippen MR) is 129 cm³/mol. The third-order valence-corrected chi connectivity index (χ3v) is 7.54. The number of hydrogen-bond donors (Lipinski definition) is 0. The highest BCUT2D eigenvalue weighted by molar-refractivity contribution is 7.89. The van der Waals surface area contributed by atoms with Crippen LogP contribution in [0.1, 0.15) is 65.5 Å². The molecule has 6 heteroatoms. The second-order valence-corrected chi connectivity index (χ2v) is 12.6. The summed E-state index contributed by atoms with van der Waals surface area (Å²) < 4.78 is 32.4. The highest BCUT2D eigenvalue weighted by atomic mass is 32.2. The van der Waals surface area contributed by atoms with Crippen LogP contribution >= 0.6 is 0 Å². The van der Waals surface area contributed by atoms with Crippen molar-refractivity contribution in [2.24, 2.45) is 0 Å². The van der Waals surface area contributed by atoms with Crippen LogP contribution < -0.4 is 0 Å². The SMILES string of the molecule is CC(C)(C)OC(=O)[C@H]1CCCS(=O)(=O)N1Cc1ccc(-c2ccc(C(C)(C)C)cc2)cc1. The fourth-order valence-corrected chi connectivity index (χ4v) is 5.56. The number of carbonyl (C=O) groups is 1. The maximum Gasteiger partial charge on any atom is 0.324 e. The number of hydrogen-bond acceptors (Lipinski definition) is 4. The Bertz CT molecular complexity index is 1040. The van der Waals surface area contributed by atoms with E-state index < -0.39 is 27.6 Å². The van der Waals surface area contributed by atoms with Crippen molar-refractivity contribution in [3.63, 3.8) is 0 Å². The van der Waals surface area contributed by atoms with Gasteiger partial charge in [-0.25, -0.2) is 8.42 Å². The van der Waals surface area contributed by atoms with Gasteiger partial charge in [0.05, 0.1) is 5.75 Å². The smallest absolute Gasteiger partial charge is 0.324 e. The normalized spacial score (nSPS) is 19.5. The Morgan fingerprint density at radius 3 is 1.97 bits per heavy atom. The summed E-state index contributed by atoms with van der Waals surface area (Å²) in [6.45, 7) is 12.1. The molecule has 5 nitrogen and oxygen atoms in total. The molecular weight excluding hydrogens is 422 g/mol.